The van der Waals surface area contributed by atoms with Crippen LogP contribution in [-0.4, -0.2) is 9.13 Å². The first-order chi connectivity index (χ1) is 23.2. The Morgan fingerprint density at radius 1 is 0.489 bits per heavy atom. The number of benzene rings is 4. The van der Waals surface area contributed by atoms with Crippen molar-refractivity contribution in [2.24, 2.45) is 0 Å². The monoisotopic (exact) mass is 696 g/mol. The van der Waals surface area contributed by atoms with Gasteiger partial charge in [0.25, 0.3) is 0 Å². The maximum atomic E-state index is 9.80. The van der Waals surface area contributed by atoms with E-state index < -0.39 is 24.5 Å². The summed E-state index contributed by atoms with van der Waals surface area (Å²) < 4.78 is 24.6. The van der Waals surface area contributed by atoms with Gasteiger partial charge in [-0.05, 0) is 86.0 Å². The molecule has 6 aromatic carbocycles. The average molecular weight is 698 g/mol. The number of aryl methyl sites for hydroxylation is 2. The summed E-state index contributed by atoms with van der Waals surface area (Å²) in [5.74, 6) is 0. The number of hydrogen-bond acceptors (Lipinski definition) is 0. The first-order valence-electron chi connectivity index (χ1n) is 16.8. The van der Waals surface area contributed by atoms with Crippen LogP contribution in [0.15, 0.2) is 121 Å². The van der Waals surface area contributed by atoms with Crippen LogP contribution in [0, 0.1) is 0 Å². The van der Waals surface area contributed by atoms with Gasteiger partial charge in [0.15, 0.2) is 0 Å². The van der Waals surface area contributed by atoms with Crippen molar-refractivity contribution in [1.82, 2.24) is 9.13 Å². The third kappa shape index (κ3) is 5.53. The summed E-state index contributed by atoms with van der Waals surface area (Å²) in [6.45, 7) is 0. The molecule has 0 bridgehead atoms. The number of nitrogens with zero attached hydrogens (tertiary/aromatic N) is 2. The van der Waals surface area contributed by atoms with Gasteiger partial charge >= 0.3 is 29.7 Å². The van der Waals surface area contributed by atoms with Crippen molar-refractivity contribution in [3.63, 3.8) is 0 Å². The van der Waals surface area contributed by atoms with Gasteiger partial charge in [0.2, 0.25) is 0 Å². The van der Waals surface area contributed by atoms with E-state index in [1.165, 1.54) is 117 Å². The standard InChI is InChI=1S/2C21H18N.2FH.Zr/c2*1-2-8-16-14-17(13-15(16)7-1)22-20-11-5-3-9-18(20)19-10-4-6-12-21(19)22;;;/h2*1-3,5,7-9,11,13-14H,4,6,10,12H2;2*1H;/q2*-1;;;+4/p-2. The number of fused-ring (bicyclic) bond motifs is 8. The summed E-state index contributed by atoms with van der Waals surface area (Å²) in [5.41, 5.74) is 11.6. The van der Waals surface area contributed by atoms with E-state index >= 15 is 0 Å². The van der Waals surface area contributed by atoms with Gasteiger partial charge in [-0.25, -0.2) is 0 Å². The first kappa shape index (κ1) is 30.3. The molecule has 2 heterocycles. The quantitative estimate of drug-likeness (QED) is 0.159. The minimum atomic E-state index is -2.77. The molecule has 47 heavy (non-hydrogen) atoms. The average Bonchev–Trinajstić information content (AvgIpc) is 3.89. The van der Waals surface area contributed by atoms with Crippen LogP contribution in [0.2, 0.25) is 0 Å². The molecule has 0 saturated heterocycles. The summed E-state index contributed by atoms with van der Waals surface area (Å²) in [7, 11) is 0. The van der Waals surface area contributed by atoms with Gasteiger partial charge in [0, 0.05) is 22.2 Å². The Labute approximate surface area is 287 Å². The fourth-order valence-corrected chi connectivity index (χ4v) is 8.11. The van der Waals surface area contributed by atoms with Crippen molar-refractivity contribution in [2.45, 2.75) is 51.4 Å². The number of para-hydroxylation sites is 2. The molecule has 2 nitrogen and oxygen atoms in total. The van der Waals surface area contributed by atoms with Gasteiger partial charge in [-0.1, -0.05) is 48.5 Å². The minimum Gasteiger partial charge on any atom is -0.332 e. The molecular weight excluding hydrogens is 662 g/mol. The molecule has 0 spiro atoms. The van der Waals surface area contributed by atoms with Crippen molar-refractivity contribution in [2.75, 3.05) is 0 Å². The topological polar surface area (TPSA) is 9.86 Å². The summed E-state index contributed by atoms with van der Waals surface area (Å²) >= 11 is -2.77. The molecular formula is C42H36F2N2Zr. The fraction of sp³-hybridized carbons (Fsp3) is 0.190. The molecule has 232 valence electrons. The van der Waals surface area contributed by atoms with Crippen LogP contribution in [0.5, 0.6) is 0 Å². The molecule has 5 heteroatoms. The molecule has 0 unspecified atom stereocenters. The van der Waals surface area contributed by atoms with E-state index in [1.54, 1.807) is 11.1 Å². The number of hydrogen-bond donors (Lipinski definition) is 0. The summed E-state index contributed by atoms with van der Waals surface area (Å²) in [6.07, 6.45) is 10.1. The second-order valence-corrected chi connectivity index (χ2v) is 13.1. The van der Waals surface area contributed by atoms with Crippen molar-refractivity contribution >= 4 is 43.4 Å². The van der Waals surface area contributed by atoms with Gasteiger partial charge in [0.1, 0.15) is 0 Å². The Hall–Kier alpha value is -4.08. The molecule has 0 radical (unpaired) electrons. The molecule has 0 saturated carbocycles. The van der Waals surface area contributed by atoms with Gasteiger partial charge < -0.3 is 9.13 Å². The van der Waals surface area contributed by atoms with Crippen molar-refractivity contribution in [3.8, 4) is 11.4 Å². The molecule has 8 aromatic rings. The Balaban J connectivity index is 0.000000128. The van der Waals surface area contributed by atoms with Crippen molar-refractivity contribution in [3.05, 3.63) is 144 Å². The van der Waals surface area contributed by atoms with E-state index in [9.17, 15) is 5.25 Å². The van der Waals surface area contributed by atoms with E-state index in [1.807, 2.05) is 0 Å². The van der Waals surface area contributed by atoms with Gasteiger partial charge in [-0.15, -0.1) is 82.2 Å². The van der Waals surface area contributed by atoms with Crippen LogP contribution in [0.1, 0.15) is 48.2 Å². The third-order valence-electron chi connectivity index (χ3n) is 10.1. The Bertz CT molecular complexity index is 2100. The summed E-state index contributed by atoms with van der Waals surface area (Å²) in [6, 6.07) is 44.4. The van der Waals surface area contributed by atoms with Crippen LogP contribution in [0.3, 0.4) is 0 Å². The molecule has 0 amide bonds. The van der Waals surface area contributed by atoms with Crippen LogP contribution < -0.4 is 0 Å². The van der Waals surface area contributed by atoms with Crippen molar-refractivity contribution < 1.29 is 29.7 Å². The minimum absolute atomic E-state index is 1.20. The summed E-state index contributed by atoms with van der Waals surface area (Å²) in [4.78, 5) is 0. The van der Waals surface area contributed by atoms with E-state index in [0.29, 0.717) is 0 Å². The van der Waals surface area contributed by atoms with Crippen LogP contribution in [-0.2, 0) is 50.1 Å². The fourth-order valence-electron chi connectivity index (χ4n) is 8.11. The van der Waals surface area contributed by atoms with Gasteiger partial charge in [-0.3, -0.25) is 0 Å². The van der Waals surface area contributed by atoms with E-state index in [-0.39, 0.29) is 0 Å². The molecule has 0 N–H and O–H groups in total. The maximum absolute atomic E-state index is 9.80. The first-order valence-corrected chi connectivity index (χ1v) is 18.6. The predicted octanol–water partition coefficient (Wildman–Crippen LogP) is 11.6. The van der Waals surface area contributed by atoms with Gasteiger partial charge in [0.05, 0.1) is 11.0 Å². The summed E-state index contributed by atoms with van der Waals surface area (Å²) in [5, 5.41) is 8.23. The third-order valence-corrected chi connectivity index (χ3v) is 10.1. The zero-order valence-electron chi connectivity index (χ0n) is 26.4. The van der Waals surface area contributed by atoms with E-state index in [4.69, 9.17) is 0 Å². The SMILES string of the molecule is [F][Zr+2][F].c1ccc2[cH-]c(-n3c4c(c5ccccc53)CCCC4)cc2c1.c1ccc2[cH-]c(-n3c4c(c5ccccc53)CCCC4)cc2c1. The maximum Gasteiger partial charge on any atom is 0.0516 e. The molecule has 0 aliphatic heterocycles. The molecule has 2 aliphatic carbocycles. The van der Waals surface area contributed by atoms with E-state index in [2.05, 4.69) is 130 Å². The smallest absolute Gasteiger partial charge is 0.0516 e. The zero-order chi connectivity index (χ0) is 31.7. The molecule has 2 aliphatic rings. The molecule has 2 aromatic heterocycles. The predicted molar refractivity (Wildman–Crippen MR) is 188 cm³/mol. The largest absolute Gasteiger partial charge is 0.332 e. The zero-order valence-corrected chi connectivity index (χ0v) is 28.8. The number of rotatable bonds is 2. The molecule has 0 atom stereocenters. The van der Waals surface area contributed by atoms with Crippen molar-refractivity contribution in [1.29, 1.82) is 0 Å². The molecule has 10 rings (SSSR count). The molecule has 0 fully saturated rings. The van der Waals surface area contributed by atoms with Crippen LogP contribution in [0.4, 0.5) is 5.25 Å². The second-order valence-electron chi connectivity index (χ2n) is 12.7. The van der Waals surface area contributed by atoms with Gasteiger partial charge in [-0.2, -0.15) is 0 Å². The number of halogens is 2. The van der Waals surface area contributed by atoms with Crippen LogP contribution in [0.25, 0.3) is 54.7 Å². The second kappa shape index (κ2) is 13.2. The Morgan fingerprint density at radius 2 is 0.872 bits per heavy atom. The Morgan fingerprint density at radius 3 is 1.32 bits per heavy atom. The van der Waals surface area contributed by atoms with E-state index in [0.717, 1.165) is 0 Å². The Kier molecular flexibility index (Phi) is 8.50. The number of aromatic nitrogens is 2. The normalized spacial score (nSPS) is 13.8. The van der Waals surface area contributed by atoms with Crippen LogP contribution >= 0.6 is 0 Å².